The van der Waals surface area contributed by atoms with Crippen LogP contribution in [0.2, 0.25) is 5.02 Å². The zero-order valence-electron chi connectivity index (χ0n) is 16.0. The minimum absolute atomic E-state index is 0.0323. The van der Waals surface area contributed by atoms with Gasteiger partial charge < -0.3 is 5.32 Å². The number of hydrogen-bond donors (Lipinski definition) is 1. The number of hydrogen-bond acceptors (Lipinski definition) is 6. The van der Waals surface area contributed by atoms with Crippen LogP contribution in [0.5, 0.6) is 0 Å². The zero-order chi connectivity index (χ0) is 20.8. The molecule has 0 saturated heterocycles. The van der Waals surface area contributed by atoms with Crippen molar-refractivity contribution in [3.8, 4) is 5.00 Å². The molecule has 1 N–H and O–H groups in total. The van der Waals surface area contributed by atoms with Crippen molar-refractivity contribution in [2.75, 3.05) is 6.54 Å². The number of alkyl halides is 1. The summed E-state index contributed by atoms with van der Waals surface area (Å²) in [7, 11) is 0. The first kappa shape index (κ1) is 19.7. The average molecular weight is 433 g/mol. The molecule has 0 saturated carbocycles. The first-order valence-electron chi connectivity index (χ1n) is 9.05. The summed E-state index contributed by atoms with van der Waals surface area (Å²) in [5.41, 5.74) is 2.48. The third kappa shape index (κ3) is 3.34. The second-order valence-corrected chi connectivity index (χ2v) is 7.90. The Labute approximate surface area is 175 Å². The van der Waals surface area contributed by atoms with Crippen LogP contribution >= 0.6 is 23.1 Å². The number of nitrogens with one attached hydrogen (secondary N) is 1. The SMILES string of the molecule is CCNC(=O)CC1(F)N=C(c2ccc(Cl)cc2)c2c(C)nsc2-n2c(C)nnc21. The number of aryl methyl sites for hydroxylation is 2. The van der Waals surface area contributed by atoms with Crippen LogP contribution in [0.15, 0.2) is 29.3 Å². The third-order valence-corrected chi connectivity index (χ3v) is 5.80. The Hall–Kier alpha value is -2.65. The van der Waals surface area contributed by atoms with Crippen molar-refractivity contribution in [3.63, 3.8) is 0 Å². The number of fused-ring (bicyclic) bond motifs is 3. The van der Waals surface area contributed by atoms with Crippen LogP contribution in [0.3, 0.4) is 0 Å². The van der Waals surface area contributed by atoms with E-state index in [9.17, 15) is 4.79 Å². The Kier molecular flexibility index (Phi) is 4.95. The highest BCUT2D eigenvalue weighted by Gasteiger charge is 2.44. The van der Waals surface area contributed by atoms with Gasteiger partial charge in [-0.25, -0.2) is 9.38 Å². The quantitative estimate of drug-likeness (QED) is 0.639. The molecule has 3 aromatic rings. The first-order valence-corrected chi connectivity index (χ1v) is 10.2. The Bertz CT molecular complexity index is 1120. The minimum atomic E-state index is -2.39. The van der Waals surface area contributed by atoms with Gasteiger partial charge in [-0.15, -0.1) is 10.2 Å². The van der Waals surface area contributed by atoms with Crippen molar-refractivity contribution in [1.82, 2.24) is 24.5 Å². The molecule has 1 unspecified atom stereocenters. The Balaban J connectivity index is 1.99. The van der Waals surface area contributed by atoms with Crippen LogP contribution < -0.4 is 5.32 Å². The molecule has 29 heavy (non-hydrogen) atoms. The smallest absolute Gasteiger partial charge is 0.269 e. The number of benzene rings is 1. The van der Waals surface area contributed by atoms with Crippen LogP contribution in [-0.2, 0) is 10.6 Å². The van der Waals surface area contributed by atoms with Gasteiger partial charge >= 0.3 is 0 Å². The fraction of sp³-hybridized carbons (Fsp3) is 0.316. The average Bonchev–Trinajstić information content (AvgIpc) is 3.20. The Morgan fingerprint density at radius 3 is 2.69 bits per heavy atom. The van der Waals surface area contributed by atoms with Gasteiger partial charge in [0.2, 0.25) is 5.91 Å². The van der Waals surface area contributed by atoms with Crippen LogP contribution in [-0.4, -0.2) is 37.3 Å². The monoisotopic (exact) mass is 432 g/mol. The molecular weight excluding hydrogens is 415 g/mol. The standard InChI is InChI=1S/C19H18ClFN6OS/c1-4-22-14(28)9-19(21)18-25-24-11(3)27(18)17-15(10(2)26-29-17)16(23-19)12-5-7-13(20)8-6-12/h5-8H,4,9H2,1-3H3,(H,22,28). The van der Waals surface area contributed by atoms with Gasteiger partial charge in [0, 0.05) is 17.1 Å². The minimum Gasteiger partial charge on any atom is -0.356 e. The van der Waals surface area contributed by atoms with Crippen LogP contribution in [0.4, 0.5) is 4.39 Å². The maximum absolute atomic E-state index is 16.4. The molecule has 7 nitrogen and oxygen atoms in total. The molecule has 2 aromatic heterocycles. The molecule has 1 aliphatic heterocycles. The van der Waals surface area contributed by atoms with Crippen LogP contribution in [0.1, 0.15) is 41.8 Å². The molecule has 1 atom stereocenters. The fourth-order valence-electron chi connectivity index (χ4n) is 3.33. The summed E-state index contributed by atoms with van der Waals surface area (Å²) >= 11 is 7.25. The number of aromatic nitrogens is 4. The van der Waals surface area contributed by atoms with Gasteiger partial charge in [-0.2, -0.15) is 4.37 Å². The van der Waals surface area contributed by atoms with Gasteiger partial charge in [0.15, 0.2) is 5.82 Å². The van der Waals surface area contributed by atoms with Crippen molar-refractivity contribution in [2.45, 2.75) is 33.0 Å². The number of carbonyl (C=O) groups is 1. The van der Waals surface area contributed by atoms with E-state index in [1.807, 2.05) is 6.92 Å². The van der Waals surface area contributed by atoms with Crippen LogP contribution in [0, 0.1) is 13.8 Å². The van der Waals surface area contributed by atoms with Crippen molar-refractivity contribution >= 4 is 34.8 Å². The lowest BCUT2D eigenvalue weighted by Crippen LogP contribution is -2.33. The van der Waals surface area contributed by atoms with E-state index < -0.39 is 18.1 Å². The van der Waals surface area contributed by atoms with E-state index in [4.69, 9.17) is 11.6 Å². The van der Waals surface area contributed by atoms with E-state index >= 15 is 4.39 Å². The molecule has 4 rings (SSSR count). The molecule has 0 bridgehead atoms. The summed E-state index contributed by atoms with van der Waals surface area (Å²) < 4.78 is 22.4. The first-order chi connectivity index (χ1) is 13.8. The van der Waals surface area contributed by atoms with Crippen molar-refractivity contribution < 1.29 is 9.18 Å². The predicted molar refractivity (Wildman–Crippen MR) is 110 cm³/mol. The number of carbonyl (C=O) groups excluding carboxylic acids is 1. The van der Waals surface area contributed by atoms with Gasteiger partial charge in [-0.3, -0.25) is 9.36 Å². The second kappa shape index (κ2) is 7.31. The Morgan fingerprint density at radius 2 is 2.00 bits per heavy atom. The lowest BCUT2D eigenvalue weighted by molar-refractivity contribution is -0.124. The molecule has 0 spiro atoms. The molecule has 0 aliphatic carbocycles. The summed E-state index contributed by atoms with van der Waals surface area (Å²) in [5, 5.41) is 11.9. The molecule has 3 heterocycles. The van der Waals surface area contributed by atoms with E-state index in [2.05, 4.69) is 24.9 Å². The van der Waals surface area contributed by atoms with Crippen LogP contribution in [0.25, 0.3) is 5.00 Å². The molecule has 0 radical (unpaired) electrons. The van der Waals surface area contributed by atoms with E-state index in [1.54, 1.807) is 42.7 Å². The summed E-state index contributed by atoms with van der Waals surface area (Å²) in [6.07, 6.45) is -0.502. The van der Waals surface area contributed by atoms with E-state index in [0.29, 0.717) is 44.9 Å². The molecule has 0 fully saturated rings. The topological polar surface area (TPSA) is 85.1 Å². The lowest BCUT2D eigenvalue weighted by atomic mass is 10.0. The normalized spacial score (nSPS) is 17.9. The van der Waals surface area contributed by atoms with Gasteiger partial charge in [0.1, 0.15) is 10.8 Å². The molecular formula is C19H18ClFN6OS. The summed E-state index contributed by atoms with van der Waals surface area (Å²) in [4.78, 5) is 16.8. The number of rotatable bonds is 4. The van der Waals surface area contributed by atoms with E-state index in [1.165, 1.54) is 11.5 Å². The fourth-order valence-corrected chi connectivity index (χ4v) is 4.40. The highest BCUT2D eigenvalue weighted by atomic mass is 35.5. The van der Waals surface area contributed by atoms with Gasteiger partial charge in [-0.05, 0) is 44.4 Å². The molecule has 150 valence electrons. The summed E-state index contributed by atoms with van der Waals surface area (Å²) in [6, 6.07) is 6.98. The second-order valence-electron chi connectivity index (χ2n) is 6.71. The molecule has 1 aliphatic rings. The number of nitrogens with zero attached hydrogens (tertiary/aromatic N) is 5. The van der Waals surface area contributed by atoms with Crippen molar-refractivity contribution in [1.29, 1.82) is 0 Å². The number of aliphatic imine (C=N–C) groups is 1. The number of amides is 1. The number of halogens is 2. The largest absolute Gasteiger partial charge is 0.356 e. The van der Waals surface area contributed by atoms with E-state index in [0.717, 1.165) is 0 Å². The van der Waals surface area contributed by atoms with Gasteiger partial charge in [-0.1, -0.05) is 23.7 Å². The zero-order valence-corrected chi connectivity index (χ0v) is 17.6. The summed E-state index contributed by atoms with van der Waals surface area (Å²) in [5.74, 6) is -2.38. The molecule has 10 heteroatoms. The highest BCUT2D eigenvalue weighted by Crippen LogP contribution is 2.40. The van der Waals surface area contributed by atoms with Crippen molar-refractivity contribution in [3.05, 3.63) is 57.8 Å². The maximum Gasteiger partial charge on any atom is 0.269 e. The van der Waals surface area contributed by atoms with Crippen molar-refractivity contribution in [2.24, 2.45) is 4.99 Å². The maximum atomic E-state index is 16.4. The predicted octanol–water partition coefficient (Wildman–Crippen LogP) is 3.49. The Morgan fingerprint density at radius 1 is 1.28 bits per heavy atom. The van der Waals surface area contributed by atoms with Gasteiger partial charge in [0.05, 0.1) is 23.4 Å². The molecule has 1 amide bonds. The van der Waals surface area contributed by atoms with Gasteiger partial charge in [0.25, 0.3) is 5.79 Å². The summed E-state index contributed by atoms with van der Waals surface area (Å²) in [6.45, 7) is 5.74. The third-order valence-electron chi connectivity index (χ3n) is 4.63. The highest BCUT2D eigenvalue weighted by molar-refractivity contribution is 7.09. The molecule has 1 aromatic carbocycles. The lowest BCUT2D eigenvalue weighted by Gasteiger charge is -2.19. The van der Waals surface area contributed by atoms with E-state index in [-0.39, 0.29) is 5.82 Å².